The molecule has 8 unspecified atom stereocenters. The Hall–Kier alpha value is -1.11. The summed E-state index contributed by atoms with van der Waals surface area (Å²) in [5, 5.41) is 43.0. The Labute approximate surface area is 425 Å². The van der Waals surface area contributed by atoms with Gasteiger partial charge in [-0.3, -0.25) is 4.79 Å². The number of aliphatic hydroxyl groups is 3. The van der Waals surface area contributed by atoms with Crippen LogP contribution < -0.4 is 0 Å². The van der Waals surface area contributed by atoms with Crippen LogP contribution in [0.1, 0.15) is 141 Å². The molecule has 3 aliphatic heterocycles. The third-order valence-electron chi connectivity index (χ3n) is 15.1. The molecule has 1 saturated carbocycles. The molecule has 3 N–H and O–H groups in total. The molecule has 4 aliphatic rings. The van der Waals surface area contributed by atoms with Crippen LogP contribution in [-0.4, -0.2) is 166 Å². The number of carbonyl (C=O) groups excluding carboxylic acids is 1. The molecular formula is C52H100N2O14Si2. The minimum absolute atomic E-state index is 0.0531. The van der Waals surface area contributed by atoms with Gasteiger partial charge in [-0.25, -0.2) is 0 Å². The lowest BCUT2D eigenvalue weighted by Crippen LogP contribution is -2.62. The number of ether oxygens (including phenoxy) is 7. The zero-order valence-electron chi connectivity index (χ0n) is 47.3. The topological polar surface area (TPSA) is 186 Å². The maximum atomic E-state index is 14.8. The van der Waals surface area contributed by atoms with Crippen LogP contribution in [0.25, 0.3) is 0 Å². The monoisotopic (exact) mass is 1030 g/mol. The van der Waals surface area contributed by atoms with E-state index < -0.39 is 124 Å². The normalized spacial score (nSPS) is 42.7. The van der Waals surface area contributed by atoms with Crippen molar-refractivity contribution in [3.05, 3.63) is 0 Å². The van der Waals surface area contributed by atoms with E-state index in [4.69, 9.17) is 52.0 Å². The zero-order valence-corrected chi connectivity index (χ0v) is 49.3. The molecule has 0 spiro atoms. The number of esters is 1. The Balaban J connectivity index is 1.96. The average molecular weight is 1030 g/mol. The molecule has 1 aliphatic carbocycles. The standard InChI is InChI=1S/C52H100N2O14Si2/c1-22-39-51(12,58)44(55)34(6)41(53-68-52(65-31(2)3)26-24-23-25-27-52)32(4)29-49(10,57)45(64-48-43(66-69(16,17)18)38(54(13)14)28-33(5)60-48)35(7)42(36(8)47(56)62-39)63-40-30-50(11,59-15)46(37(9)61-40)67-70(19,20)21/h31-40,42-46,48,55,57-58H,22-30H2,1-21H3/t32-,33-,34+,35+,36-,37+,38?,39-,40?,42?,43?,44?,45?,46?,48?,49+,50-,51-/m1/s1. The van der Waals surface area contributed by atoms with Gasteiger partial charge < -0.3 is 67.1 Å². The lowest BCUT2D eigenvalue weighted by atomic mass is 9.73. The summed E-state index contributed by atoms with van der Waals surface area (Å²) in [6.45, 7) is 35.1. The van der Waals surface area contributed by atoms with Crippen molar-refractivity contribution in [3.63, 3.8) is 0 Å². The summed E-state index contributed by atoms with van der Waals surface area (Å²) in [5.41, 5.74) is -4.07. The Morgan fingerprint density at radius 2 is 1.43 bits per heavy atom. The minimum Gasteiger partial charge on any atom is -0.459 e. The largest absolute Gasteiger partial charge is 0.459 e. The maximum Gasteiger partial charge on any atom is 0.311 e. The fraction of sp³-hybridized carbons (Fsp3) is 0.962. The van der Waals surface area contributed by atoms with E-state index in [0.717, 1.165) is 19.3 Å². The van der Waals surface area contributed by atoms with E-state index in [1.807, 2.05) is 62.6 Å². The summed E-state index contributed by atoms with van der Waals surface area (Å²) in [7, 11) is 1.42. The molecule has 16 nitrogen and oxygen atoms in total. The van der Waals surface area contributed by atoms with Crippen molar-refractivity contribution in [1.29, 1.82) is 0 Å². The summed E-state index contributed by atoms with van der Waals surface area (Å²) in [4.78, 5) is 23.5. The number of carbonyl (C=O) groups is 1. The molecule has 0 amide bonds. The molecule has 3 heterocycles. The number of likely N-dealkylation sites (N-methyl/N-ethyl adjacent to an activating group) is 1. The number of rotatable bonds is 15. The van der Waals surface area contributed by atoms with Gasteiger partial charge in [-0.15, -0.1) is 0 Å². The number of hydrogen-bond acceptors (Lipinski definition) is 16. The first-order chi connectivity index (χ1) is 32.1. The van der Waals surface area contributed by atoms with Crippen molar-refractivity contribution in [2.45, 2.75) is 276 Å². The van der Waals surface area contributed by atoms with E-state index in [9.17, 15) is 20.1 Å². The summed E-state index contributed by atoms with van der Waals surface area (Å²) >= 11 is 0. The third-order valence-corrected chi connectivity index (χ3v) is 17.1. The van der Waals surface area contributed by atoms with E-state index in [1.54, 1.807) is 34.8 Å². The van der Waals surface area contributed by atoms with Gasteiger partial charge in [0, 0.05) is 50.2 Å². The third kappa shape index (κ3) is 15.5. The van der Waals surface area contributed by atoms with Crippen LogP contribution in [0.3, 0.4) is 0 Å². The van der Waals surface area contributed by atoms with Gasteiger partial charge in [0.05, 0.1) is 65.6 Å². The molecule has 4 fully saturated rings. The van der Waals surface area contributed by atoms with Crippen molar-refractivity contribution < 1.29 is 67.0 Å². The minimum atomic E-state index is -2.23. The lowest BCUT2D eigenvalue weighted by Gasteiger charge is -2.51. The molecule has 70 heavy (non-hydrogen) atoms. The van der Waals surface area contributed by atoms with Gasteiger partial charge in [0.2, 0.25) is 5.79 Å². The zero-order chi connectivity index (χ0) is 53.1. The molecule has 0 aromatic rings. The van der Waals surface area contributed by atoms with E-state index in [-0.39, 0.29) is 37.5 Å². The highest BCUT2D eigenvalue weighted by atomic mass is 28.4. The van der Waals surface area contributed by atoms with E-state index >= 15 is 0 Å². The fourth-order valence-corrected chi connectivity index (χ4v) is 13.9. The molecule has 3 saturated heterocycles. The summed E-state index contributed by atoms with van der Waals surface area (Å²) in [6, 6.07) is -0.0774. The van der Waals surface area contributed by atoms with Gasteiger partial charge in [0.25, 0.3) is 0 Å². The first-order valence-electron chi connectivity index (χ1n) is 26.6. The Morgan fingerprint density at radius 1 is 0.829 bits per heavy atom. The van der Waals surface area contributed by atoms with Crippen LogP contribution in [0.2, 0.25) is 39.3 Å². The Kier molecular flexibility index (Phi) is 21.3. The lowest BCUT2D eigenvalue weighted by molar-refractivity contribution is -0.315. The molecule has 0 bridgehead atoms. The number of hydrogen-bond donors (Lipinski definition) is 3. The van der Waals surface area contributed by atoms with Gasteiger partial charge in [0.1, 0.15) is 17.8 Å². The maximum absolute atomic E-state index is 14.8. The highest BCUT2D eigenvalue weighted by Gasteiger charge is 2.55. The van der Waals surface area contributed by atoms with E-state index in [1.165, 1.54) is 6.92 Å². The Bertz CT molecular complexity index is 1680. The number of methoxy groups -OCH3 is 1. The molecule has 4 rings (SSSR count). The molecule has 0 radical (unpaired) electrons. The van der Waals surface area contributed by atoms with Gasteiger partial charge >= 0.3 is 5.97 Å². The van der Waals surface area contributed by atoms with Gasteiger partial charge in [-0.05, 0) is 141 Å². The second-order valence-electron chi connectivity index (χ2n) is 24.7. The quantitative estimate of drug-likeness (QED) is 0.0614. The van der Waals surface area contributed by atoms with Crippen LogP contribution in [-0.2, 0) is 51.6 Å². The number of aliphatic hydroxyl groups excluding tert-OH is 1. The summed E-state index contributed by atoms with van der Waals surface area (Å²) in [6.07, 6.45) is -2.93. The number of oxime groups is 1. The van der Waals surface area contributed by atoms with Crippen molar-refractivity contribution in [2.75, 3.05) is 21.2 Å². The van der Waals surface area contributed by atoms with Gasteiger partial charge in [-0.1, -0.05) is 39.3 Å². The van der Waals surface area contributed by atoms with Crippen LogP contribution in [0.5, 0.6) is 0 Å². The summed E-state index contributed by atoms with van der Waals surface area (Å²) < 4.78 is 60.5. The molecule has 410 valence electrons. The fourth-order valence-electron chi connectivity index (χ4n) is 11.6. The number of cyclic esters (lactones) is 1. The first-order valence-corrected chi connectivity index (χ1v) is 33.4. The van der Waals surface area contributed by atoms with Gasteiger partial charge in [0.15, 0.2) is 29.2 Å². The van der Waals surface area contributed by atoms with Crippen LogP contribution in [0, 0.1) is 23.7 Å². The van der Waals surface area contributed by atoms with Gasteiger partial charge in [-0.2, -0.15) is 0 Å². The van der Waals surface area contributed by atoms with E-state index in [2.05, 4.69) is 44.2 Å². The van der Waals surface area contributed by atoms with Crippen molar-refractivity contribution in [3.8, 4) is 0 Å². The average Bonchev–Trinajstić information content (AvgIpc) is 3.23. The van der Waals surface area contributed by atoms with Crippen molar-refractivity contribution in [1.82, 2.24) is 4.90 Å². The summed E-state index contributed by atoms with van der Waals surface area (Å²) in [5.74, 6) is -4.82. The smallest absolute Gasteiger partial charge is 0.311 e. The predicted octanol–water partition coefficient (Wildman–Crippen LogP) is 8.39. The van der Waals surface area contributed by atoms with Crippen molar-refractivity contribution >= 4 is 28.3 Å². The van der Waals surface area contributed by atoms with Crippen molar-refractivity contribution in [2.24, 2.45) is 28.8 Å². The highest BCUT2D eigenvalue weighted by molar-refractivity contribution is 6.70. The second kappa shape index (κ2) is 24.3. The highest BCUT2D eigenvalue weighted by Crippen LogP contribution is 2.43. The SMILES string of the molecule is CC[C@H]1OC(=O)[C@H](C)C(OC2C[C@@](C)(OC)C(O[Si](C)(C)C)[C@H](C)O2)[C@H](C)C(OC2O[C@H](C)CC(N(C)C)C2O[Si](C)(C)C)[C@@](C)(O)C[C@@H](C)C(=NOC2(OC(C)C)CCCCC2)[C@H](C)C(O)[C@]1(C)O. The van der Waals surface area contributed by atoms with Crippen LogP contribution >= 0.6 is 0 Å². The predicted molar refractivity (Wildman–Crippen MR) is 276 cm³/mol. The van der Waals surface area contributed by atoms with E-state index in [0.29, 0.717) is 25.0 Å². The molecule has 18 heteroatoms. The van der Waals surface area contributed by atoms with Crippen LogP contribution in [0.15, 0.2) is 5.16 Å². The Morgan fingerprint density at radius 3 is 1.96 bits per heavy atom. The molecule has 18 atom stereocenters. The first kappa shape index (κ1) is 61.4. The molecular weight excluding hydrogens is 933 g/mol. The second-order valence-corrected chi connectivity index (χ2v) is 33.6. The van der Waals surface area contributed by atoms with Crippen LogP contribution in [0.4, 0.5) is 0 Å². The molecule has 0 aromatic heterocycles. The molecule has 0 aromatic carbocycles. The number of nitrogens with zero attached hydrogens (tertiary/aromatic N) is 2.